The van der Waals surface area contributed by atoms with Gasteiger partial charge in [-0.3, -0.25) is 14.4 Å². The number of carbonyl (C=O) groups is 3. The smallest absolute Gasteiger partial charge is 0.255 e. The molecule has 0 saturated heterocycles. The van der Waals surface area contributed by atoms with Gasteiger partial charge in [0.1, 0.15) is 6.04 Å². The molecule has 160 valence electrons. The molecular formula is C23H24N4O3S. The van der Waals surface area contributed by atoms with Gasteiger partial charge in [0.25, 0.3) is 5.91 Å². The Balaban J connectivity index is 1.78. The summed E-state index contributed by atoms with van der Waals surface area (Å²) in [5.41, 5.74) is 8.99. The Morgan fingerprint density at radius 1 is 1.06 bits per heavy atom. The molecule has 5 N–H and O–H groups in total. The van der Waals surface area contributed by atoms with Gasteiger partial charge in [0.15, 0.2) is 0 Å². The maximum Gasteiger partial charge on any atom is 0.255 e. The molecule has 1 aromatic heterocycles. The fourth-order valence-corrected chi connectivity index (χ4v) is 3.79. The number of nitrogens with one attached hydrogen (secondary N) is 3. The Morgan fingerprint density at radius 2 is 1.81 bits per heavy atom. The van der Waals surface area contributed by atoms with E-state index in [-0.39, 0.29) is 17.7 Å². The van der Waals surface area contributed by atoms with Crippen molar-refractivity contribution in [3.8, 4) is 10.4 Å². The normalized spacial score (nSPS) is 11.4. The number of nitrogens with two attached hydrogens (primary N) is 1. The second-order valence-corrected chi connectivity index (χ2v) is 7.83. The van der Waals surface area contributed by atoms with Crippen molar-refractivity contribution < 1.29 is 14.4 Å². The molecule has 3 rings (SSSR count). The van der Waals surface area contributed by atoms with Crippen LogP contribution in [0.4, 0.5) is 11.4 Å². The molecule has 7 nitrogen and oxygen atoms in total. The molecule has 0 saturated carbocycles. The molecule has 0 aliphatic carbocycles. The van der Waals surface area contributed by atoms with E-state index in [9.17, 15) is 14.4 Å². The number of anilines is 2. The van der Waals surface area contributed by atoms with Crippen LogP contribution in [0.25, 0.3) is 10.4 Å². The van der Waals surface area contributed by atoms with Crippen LogP contribution in [0.1, 0.15) is 35.8 Å². The van der Waals surface area contributed by atoms with Crippen LogP contribution >= 0.6 is 11.3 Å². The summed E-state index contributed by atoms with van der Waals surface area (Å²) < 4.78 is 0. The lowest BCUT2D eigenvalue weighted by Gasteiger charge is -2.18. The first-order chi connectivity index (χ1) is 14.9. The molecular weight excluding hydrogens is 412 g/mol. The van der Waals surface area contributed by atoms with E-state index in [1.165, 1.54) is 6.92 Å². The van der Waals surface area contributed by atoms with Gasteiger partial charge in [0.2, 0.25) is 11.8 Å². The molecule has 1 unspecified atom stereocenters. The predicted molar refractivity (Wildman–Crippen MR) is 124 cm³/mol. The van der Waals surface area contributed by atoms with Crippen molar-refractivity contribution >= 4 is 40.4 Å². The predicted octanol–water partition coefficient (Wildman–Crippen LogP) is 3.56. The zero-order valence-electron chi connectivity index (χ0n) is 17.3. The summed E-state index contributed by atoms with van der Waals surface area (Å²) in [6, 6.07) is 15.2. The van der Waals surface area contributed by atoms with E-state index in [2.05, 4.69) is 16.0 Å². The summed E-state index contributed by atoms with van der Waals surface area (Å²) in [6.45, 7) is 3.60. The monoisotopic (exact) mass is 436 g/mol. The average Bonchev–Trinajstić information content (AvgIpc) is 3.28. The van der Waals surface area contributed by atoms with Crippen LogP contribution in [0.5, 0.6) is 0 Å². The van der Waals surface area contributed by atoms with Gasteiger partial charge in [-0.15, -0.1) is 11.3 Å². The van der Waals surface area contributed by atoms with Crippen LogP contribution in [0.3, 0.4) is 0 Å². The number of hydrogen-bond acceptors (Lipinski definition) is 5. The number of carbonyl (C=O) groups excluding carboxylic acids is 3. The van der Waals surface area contributed by atoms with Crippen LogP contribution < -0.4 is 21.7 Å². The summed E-state index contributed by atoms with van der Waals surface area (Å²) in [7, 11) is 0. The molecule has 31 heavy (non-hydrogen) atoms. The van der Waals surface area contributed by atoms with E-state index in [1.54, 1.807) is 48.6 Å². The second kappa shape index (κ2) is 9.90. The molecule has 0 spiro atoms. The Hall–Kier alpha value is -3.65. The maximum absolute atomic E-state index is 12.7. The van der Waals surface area contributed by atoms with Gasteiger partial charge in [0.05, 0.1) is 11.4 Å². The van der Waals surface area contributed by atoms with Crippen LogP contribution in [-0.4, -0.2) is 24.3 Å². The number of amides is 3. The molecule has 3 aromatic rings. The summed E-state index contributed by atoms with van der Waals surface area (Å²) in [5, 5.41) is 10.2. The van der Waals surface area contributed by atoms with Gasteiger partial charge in [-0.1, -0.05) is 24.3 Å². The zero-order chi connectivity index (χ0) is 22.4. The first kappa shape index (κ1) is 22.0. The summed E-state index contributed by atoms with van der Waals surface area (Å²) in [5.74, 6) is -0.956. The lowest BCUT2D eigenvalue weighted by molar-refractivity contribution is -0.128. The van der Waals surface area contributed by atoms with E-state index in [1.807, 2.05) is 29.6 Å². The number of hydrogen-bond donors (Lipinski definition) is 4. The molecule has 0 aliphatic rings. The lowest BCUT2D eigenvalue weighted by Crippen LogP contribution is -2.39. The van der Waals surface area contributed by atoms with Gasteiger partial charge in [0, 0.05) is 23.9 Å². The Morgan fingerprint density at radius 3 is 2.42 bits per heavy atom. The highest BCUT2D eigenvalue weighted by atomic mass is 32.1. The topological polar surface area (TPSA) is 113 Å². The van der Waals surface area contributed by atoms with Gasteiger partial charge >= 0.3 is 0 Å². The minimum absolute atomic E-state index is 0.312. The molecule has 0 aliphatic heterocycles. The van der Waals surface area contributed by atoms with Crippen molar-refractivity contribution in [1.29, 1.82) is 0 Å². The summed E-state index contributed by atoms with van der Waals surface area (Å²) in [4.78, 5) is 37.6. The van der Waals surface area contributed by atoms with E-state index >= 15 is 0 Å². The maximum atomic E-state index is 12.7. The van der Waals surface area contributed by atoms with Crippen molar-refractivity contribution in [3.63, 3.8) is 0 Å². The van der Waals surface area contributed by atoms with Crippen molar-refractivity contribution in [1.82, 2.24) is 10.6 Å². The SMILES string of the molecule is CCNC(=O)C(NC(C)=O)c1ccc(C(=O)Nc2cc(-c3cccs3)ccc2N)cc1. The van der Waals surface area contributed by atoms with Crippen molar-refractivity contribution in [3.05, 3.63) is 71.1 Å². The minimum atomic E-state index is -0.826. The number of benzene rings is 2. The summed E-state index contributed by atoms with van der Waals surface area (Å²) >= 11 is 1.60. The third-order valence-corrected chi connectivity index (χ3v) is 5.49. The van der Waals surface area contributed by atoms with Crippen LogP contribution in [0.2, 0.25) is 0 Å². The highest BCUT2D eigenvalue weighted by Crippen LogP contribution is 2.30. The first-order valence-electron chi connectivity index (χ1n) is 9.78. The second-order valence-electron chi connectivity index (χ2n) is 6.88. The third-order valence-electron chi connectivity index (χ3n) is 4.57. The van der Waals surface area contributed by atoms with Gasteiger partial charge in [-0.05, 0) is 53.8 Å². The molecule has 8 heteroatoms. The fraction of sp³-hybridized carbons (Fsp3) is 0.174. The van der Waals surface area contributed by atoms with E-state index < -0.39 is 6.04 Å². The Labute approximate surface area is 184 Å². The van der Waals surface area contributed by atoms with Crippen molar-refractivity contribution in [2.75, 3.05) is 17.6 Å². The quantitative estimate of drug-likeness (QED) is 0.424. The average molecular weight is 437 g/mol. The number of rotatable bonds is 7. The molecule has 1 heterocycles. The molecule has 0 fully saturated rings. The Bertz CT molecular complexity index is 1080. The molecule has 3 amide bonds. The number of nitrogen functional groups attached to an aromatic ring is 1. The highest BCUT2D eigenvalue weighted by molar-refractivity contribution is 7.13. The van der Waals surface area contributed by atoms with E-state index in [0.29, 0.717) is 29.0 Å². The van der Waals surface area contributed by atoms with Gasteiger partial charge in [-0.25, -0.2) is 0 Å². The zero-order valence-corrected chi connectivity index (χ0v) is 18.1. The molecule has 2 aromatic carbocycles. The van der Waals surface area contributed by atoms with Crippen LogP contribution in [0.15, 0.2) is 60.0 Å². The van der Waals surface area contributed by atoms with Gasteiger partial charge in [-0.2, -0.15) is 0 Å². The first-order valence-corrected chi connectivity index (χ1v) is 10.7. The number of thiophene rings is 1. The summed E-state index contributed by atoms with van der Waals surface area (Å²) in [6.07, 6.45) is 0. The van der Waals surface area contributed by atoms with E-state index in [4.69, 9.17) is 5.73 Å². The Kier molecular flexibility index (Phi) is 7.04. The molecule has 1 atom stereocenters. The largest absolute Gasteiger partial charge is 0.397 e. The van der Waals surface area contributed by atoms with Crippen molar-refractivity contribution in [2.24, 2.45) is 0 Å². The molecule has 0 bridgehead atoms. The molecule has 0 radical (unpaired) electrons. The fourth-order valence-electron chi connectivity index (χ4n) is 3.06. The minimum Gasteiger partial charge on any atom is -0.397 e. The van der Waals surface area contributed by atoms with Crippen LogP contribution in [-0.2, 0) is 9.59 Å². The van der Waals surface area contributed by atoms with E-state index in [0.717, 1.165) is 10.4 Å². The van der Waals surface area contributed by atoms with Gasteiger partial charge < -0.3 is 21.7 Å². The number of likely N-dealkylation sites (N-methyl/N-ethyl adjacent to an activating group) is 1. The van der Waals surface area contributed by atoms with Crippen LogP contribution in [0, 0.1) is 0 Å². The van der Waals surface area contributed by atoms with Crippen molar-refractivity contribution in [2.45, 2.75) is 19.9 Å². The standard InChI is InChI=1S/C23H24N4O3S/c1-3-25-23(30)21(26-14(2)28)15-6-8-16(9-7-15)22(29)27-19-13-17(10-11-18(19)24)20-5-4-12-31-20/h4-13,21H,3,24H2,1-2H3,(H,25,30)(H,26,28)(H,27,29). The lowest BCUT2D eigenvalue weighted by atomic mass is 10.0. The highest BCUT2D eigenvalue weighted by Gasteiger charge is 2.21. The third kappa shape index (κ3) is 5.49.